The number of carbonyl (C=O) groups excluding carboxylic acids is 4. The van der Waals surface area contributed by atoms with E-state index in [1.165, 1.54) is 4.90 Å². The quantitative estimate of drug-likeness (QED) is 0.246. The highest BCUT2D eigenvalue weighted by molar-refractivity contribution is 7.84. The van der Waals surface area contributed by atoms with Gasteiger partial charge in [0, 0.05) is 12.0 Å². The largest absolute Gasteiger partial charge is 0.450 e. The topological polar surface area (TPSA) is 200 Å². The summed E-state index contributed by atoms with van der Waals surface area (Å²) in [4.78, 5) is 49.6. The Kier molecular flexibility index (Phi) is 6.76. The van der Waals surface area contributed by atoms with Crippen LogP contribution in [-0.2, 0) is 29.4 Å². The lowest BCUT2D eigenvalue weighted by molar-refractivity contribution is -0.172. The molecular formula is C17H28N4O9S. The molecule has 4 amide bonds. The van der Waals surface area contributed by atoms with Gasteiger partial charge in [-0.2, -0.15) is 8.42 Å². The van der Waals surface area contributed by atoms with Gasteiger partial charge in [0.1, 0.15) is 6.04 Å². The molecule has 5 N–H and O–H groups in total. The molecule has 2 aliphatic heterocycles. The number of unbranched alkanes of at least 4 members (excludes halogenated alkanes) is 1. The number of amides is 4. The molecule has 0 aromatic heterocycles. The Morgan fingerprint density at radius 3 is 2.26 bits per heavy atom. The van der Waals surface area contributed by atoms with Gasteiger partial charge < -0.3 is 25.8 Å². The third-order valence-electron chi connectivity index (χ3n) is 5.65. The minimum Gasteiger partial charge on any atom is -0.450 e. The molecule has 0 saturated carbocycles. The van der Waals surface area contributed by atoms with Gasteiger partial charge in [-0.15, -0.1) is 0 Å². The normalized spacial score (nSPS) is 22.9. The maximum atomic E-state index is 13.6. The molecule has 0 bridgehead atoms. The summed E-state index contributed by atoms with van der Waals surface area (Å²) < 4.78 is 42.5. The first-order chi connectivity index (χ1) is 14.1. The van der Waals surface area contributed by atoms with Crippen LogP contribution >= 0.6 is 0 Å². The number of nitrogens with two attached hydrogens (primary N) is 2. The van der Waals surface area contributed by atoms with Crippen molar-refractivity contribution in [3.8, 4) is 0 Å². The van der Waals surface area contributed by atoms with Crippen molar-refractivity contribution >= 4 is 34.3 Å². The molecule has 2 aliphatic rings. The van der Waals surface area contributed by atoms with Gasteiger partial charge in [0.15, 0.2) is 5.60 Å². The van der Waals surface area contributed by atoms with Gasteiger partial charge in [-0.25, -0.2) is 13.9 Å². The first-order valence-electron chi connectivity index (χ1n) is 9.66. The lowest BCUT2D eigenvalue weighted by Crippen LogP contribution is -2.71. The summed E-state index contributed by atoms with van der Waals surface area (Å²) >= 11 is 0. The summed E-state index contributed by atoms with van der Waals surface area (Å²) in [5.74, 6) is -1.62. The van der Waals surface area contributed by atoms with Crippen LogP contribution in [0.4, 0.5) is 9.59 Å². The minimum absolute atomic E-state index is 0.00344. The van der Waals surface area contributed by atoms with E-state index in [2.05, 4.69) is 4.74 Å². The van der Waals surface area contributed by atoms with E-state index in [-0.39, 0.29) is 32.4 Å². The van der Waals surface area contributed by atoms with Crippen molar-refractivity contribution in [1.29, 1.82) is 0 Å². The minimum atomic E-state index is -4.74. The summed E-state index contributed by atoms with van der Waals surface area (Å²) in [6.45, 7) is 5.00. The average molecular weight is 464 g/mol. The van der Waals surface area contributed by atoms with Gasteiger partial charge in [-0.05, 0) is 25.7 Å². The molecule has 0 radical (unpaired) electrons. The van der Waals surface area contributed by atoms with E-state index in [1.807, 2.05) is 0 Å². The molecule has 0 aliphatic carbocycles. The van der Waals surface area contributed by atoms with E-state index in [0.29, 0.717) is 10.7 Å². The van der Waals surface area contributed by atoms with Crippen LogP contribution in [0, 0.1) is 5.41 Å². The van der Waals surface area contributed by atoms with E-state index in [1.54, 1.807) is 20.8 Å². The molecule has 14 heteroatoms. The van der Waals surface area contributed by atoms with Crippen molar-refractivity contribution in [3.05, 3.63) is 0 Å². The Morgan fingerprint density at radius 2 is 1.77 bits per heavy atom. The summed E-state index contributed by atoms with van der Waals surface area (Å²) in [6.07, 6.45) is -1.39. The van der Waals surface area contributed by atoms with E-state index in [4.69, 9.17) is 16.2 Å². The number of ether oxygens (including phenoxy) is 2. The molecule has 0 aromatic rings. The smallest absolute Gasteiger partial charge is 0.405 e. The van der Waals surface area contributed by atoms with Crippen LogP contribution in [0.3, 0.4) is 0 Å². The van der Waals surface area contributed by atoms with Crippen molar-refractivity contribution in [2.45, 2.75) is 64.1 Å². The summed E-state index contributed by atoms with van der Waals surface area (Å²) in [7, 11) is -4.74. The third kappa shape index (κ3) is 4.69. The Bertz CT molecular complexity index is 869. The second-order valence-corrected chi connectivity index (χ2v) is 9.82. The predicted molar refractivity (Wildman–Crippen MR) is 105 cm³/mol. The van der Waals surface area contributed by atoms with Crippen LogP contribution in [0.25, 0.3) is 0 Å². The van der Waals surface area contributed by atoms with Crippen LogP contribution in [-0.4, -0.2) is 77.0 Å². The molecule has 31 heavy (non-hydrogen) atoms. The number of likely N-dealkylation sites (tertiary alicyclic amines) is 1. The molecule has 2 rings (SSSR count). The zero-order chi connectivity index (χ0) is 23.8. The molecule has 0 aromatic carbocycles. The van der Waals surface area contributed by atoms with Gasteiger partial charge >= 0.3 is 22.5 Å². The maximum absolute atomic E-state index is 13.6. The Labute approximate surface area is 179 Å². The molecule has 0 unspecified atom stereocenters. The van der Waals surface area contributed by atoms with Gasteiger partial charge in [0.05, 0.1) is 12.6 Å². The first kappa shape index (κ1) is 24.7. The van der Waals surface area contributed by atoms with E-state index >= 15 is 0 Å². The summed E-state index contributed by atoms with van der Waals surface area (Å²) in [6, 6.07) is -1.98. The first-order valence-corrected chi connectivity index (χ1v) is 11.1. The Balaban J connectivity index is 2.29. The van der Waals surface area contributed by atoms with Crippen molar-refractivity contribution in [2.75, 3.05) is 13.2 Å². The fourth-order valence-corrected chi connectivity index (χ4v) is 5.05. The number of hydrogen-bond donors (Lipinski definition) is 3. The molecule has 176 valence electrons. The fraction of sp³-hybridized carbons (Fsp3) is 0.765. The number of β-lactam (4-membered cyclic amide) rings is 1. The molecule has 13 nitrogen and oxygen atoms in total. The SMILES string of the molecule is CC(C)(C)[C@@](CCCCOC(N)=O)(OC(N)=O)C(=O)N1CC[C@@H]2[C@H]1C(=O)N2S(=O)(=O)O. The maximum Gasteiger partial charge on any atom is 0.405 e. The highest BCUT2D eigenvalue weighted by Crippen LogP contribution is 2.44. The van der Waals surface area contributed by atoms with E-state index < -0.39 is 57.4 Å². The van der Waals surface area contributed by atoms with Crippen molar-refractivity contribution in [1.82, 2.24) is 9.21 Å². The third-order valence-corrected chi connectivity index (χ3v) is 6.59. The zero-order valence-electron chi connectivity index (χ0n) is 17.6. The molecule has 2 saturated heterocycles. The Morgan fingerprint density at radius 1 is 1.16 bits per heavy atom. The van der Waals surface area contributed by atoms with Crippen LogP contribution < -0.4 is 11.5 Å². The lowest BCUT2D eigenvalue weighted by Gasteiger charge is -2.48. The lowest BCUT2D eigenvalue weighted by atomic mass is 9.72. The number of fused-ring (bicyclic) bond motifs is 1. The standard InChI is InChI=1S/C17H28N4O9S/c1-16(2,3)17(30-15(19)25,7-4-5-9-29-14(18)24)13(23)20-8-6-10-11(20)12(22)21(10)31(26,27)28/h10-11H,4-9H2,1-3H3,(H2,18,24)(H2,19,25)(H,26,27,28)/t10-,11+,17+/m1/s1. The monoisotopic (exact) mass is 464 g/mol. The second-order valence-electron chi connectivity index (χ2n) is 8.53. The zero-order valence-corrected chi connectivity index (χ0v) is 18.4. The molecule has 0 spiro atoms. The average Bonchev–Trinajstić information content (AvgIpc) is 2.95. The van der Waals surface area contributed by atoms with E-state index in [0.717, 1.165) is 0 Å². The highest BCUT2D eigenvalue weighted by Gasteiger charge is 2.64. The highest BCUT2D eigenvalue weighted by atomic mass is 32.2. The fourth-order valence-electron chi connectivity index (χ4n) is 4.15. The summed E-state index contributed by atoms with van der Waals surface area (Å²) in [5.41, 5.74) is 7.44. The number of hydrogen-bond acceptors (Lipinski definition) is 8. The number of rotatable bonds is 8. The molecule has 2 fully saturated rings. The molecule has 3 atom stereocenters. The predicted octanol–water partition coefficient (Wildman–Crippen LogP) is -0.253. The van der Waals surface area contributed by atoms with Crippen LogP contribution in [0.5, 0.6) is 0 Å². The van der Waals surface area contributed by atoms with Crippen LogP contribution in [0.2, 0.25) is 0 Å². The van der Waals surface area contributed by atoms with Crippen molar-refractivity contribution < 1.29 is 41.6 Å². The van der Waals surface area contributed by atoms with Crippen LogP contribution in [0.1, 0.15) is 46.5 Å². The van der Waals surface area contributed by atoms with E-state index in [9.17, 15) is 32.1 Å². The van der Waals surface area contributed by atoms with Gasteiger partial charge in [-0.3, -0.25) is 14.1 Å². The Hall–Kier alpha value is -2.61. The van der Waals surface area contributed by atoms with Gasteiger partial charge in [0.25, 0.3) is 11.8 Å². The van der Waals surface area contributed by atoms with Crippen molar-refractivity contribution in [2.24, 2.45) is 16.9 Å². The second kappa shape index (κ2) is 8.49. The van der Waals surface area contributed by atoms with Crippen LogP contribution in [0.15, 0.2) is 0 Å². The van der Waals surface area contributed by atoms with Crippen molar-refractivity contribution in [3.63, 3.8) is 0 Å². The number of primary amides is 2. The molecule has 2 heterocycles. The van der Waals surface area contributed by atoms with Gasteiger partial charge in [0.2, 0.25) is 0 Å². The number of nitrogens with zero attached hydrogens (tertiary/aromatic N) is 2. The molecular weight excluding hydrogens is 436 g/mol. The van der Waals surface area contributed by atoms with Gasteiger partial charge in [-0.1, -0.05) is 20.8 Å². The number of carbonyl (C=O) groups is 4. The summed E-state index contributed by atoms with van der Waals surface area (Å²) in [5, 5.41) is 0.